The summed E-state index contributed by atoms with van der Waals surface area (Å²) in [4.78, 5) is 15.5. The van der Waals surface area contributed by atoms with Crippen molar-refractivity contribution in [1.29, 1.82) is 0 Å². The molecule has 102 valence electrons. The summed E-state index contributed by atoms with van der Waals surface area (Å²) in [5.74, 6) is 0.193. The fourth-order valence-electron chi connectivity index (χ4n) is 2.06. The summed E-state index contributed by atoms with van der Waals surface area (Å²) in [6.45, 7) is 4.80. The van der Waals surface area contributed by atoms with Gasteiger partial charge in [0.05, 0.1) is 13.0 Å². The molecule has 2 aromatic heterocycles. The van der Waals surface area contributed by atoms with Crippen LogP contribution in [0.5, 0.6) is 0 Å². The third-order valence-corrected chi connectivity index (χ3v) is 4.11. The second-order valence-corrected chi connectivity index (χ2v) is 6.01. The number of carbonyl (C=O) groups excluding carboxylic acids is 1. The van der Waals surface area contributed by atoms with Crippen LogP contribution >= 0.6 is 11.3 Å². The molecule has 0 aliphatic carbocycles. The van der Waals surface area contributed by atoms with Crippen molar-refractivity contribution >= 4 is 17.2 Å². The first-order valence-electron chi connectivity index (χ1n) is 6.50. The van der Waals surface area contributed by atoms with Crippen molar-refractivity contribution in [2.45, 2.75) is 32.9 Å². The normalized spacial score (nSPS) is 10.9. The van der Waals surface area contributed by atoms with Crippen LogP contribution in [-0.4, -0.2) is 21.4 Å². The zero-order valence-electron chi connectivity index (χ0n) is 11.7. The monoisotopic (exact) mass is 276 g/mol. The van der Waals surface area contributed by atoms with E-state index in [4.69, 9.17) is 0 Å². The van der Waals surface area contributed by atoms with Gasteiger partial charge in [-0.15, -0.1) is 11.3 Å². The van der Waals surface area contributed by atoms with Crippen LogP contribution in [0.15, 0.2) is 35.8 Å². The molecule has 0 spiro atoms. The Morgan fingerprint density at radius 3 is 2.68 bits per heavy atom. The molecule has 4 heteroatoms. The molecule has 0 bridgehead atoms. The SMILES string of the molecule is CC(C)N(Cc1cccn1C)C(=O)Cc1cccs1. The highest BCUT2D eigenvalue weighted by atomic mass is 32.1. The molecule has 0 saturated carbocycles. The van der Waals surface area contributed by atoms with Crippen molar-refractivity contribution in [3.05, 3.63) is 46.4 Å². The van der Waals surface area contributed by atoms with Gasteiger partial charge in [-0.05, 0) is 37.4 Å². The van der Waals surface area contributed by atoms with Crippen LogP contribution in [0.2, 0.25) is 0 Å². The largest absolute Gasteiger partial charge is 0.353 e. The Balaban J connectivity index is 2.07. The lowest BCUT2D eigenvalue weighted by atomic mass is 10.2. The number of amides is 1. The summed E-state index contributed by atoms with van der Waals surface area (Å²) in [7, 11) is 2.01. The first-order chi connectivity index (χ1) is 9.08. The second kappa shape index (κ2) is 6.06. The highest BCUT2D eigenvalue weighted by molar-refractivity contribution is 7.10. The van der Waals surface area contributed by atoms with Crippen LogP contribution in [0.25, 0.3) is 0 Å². The van der Waals surface area contributed by atoms with E-state index in [0.29, 0.717) is 13.0 Å². The zero-order valence-corrected chi connectivity index (χ0v) is 12.5. The Morgan fingerprint density at radius 1 is 1.37 bits per heavy atom. The van der Waals surface area contributed by atoms with Gasteiger partial charge in [-0.2, -0.15) is 0 Å². The molecule has 0 atom stereocenters. The van der Waals surface area contributed by atoms with Gasteiger partial charge in [0.1, 0.15) is 0 Å². The topological polar surface area (TPSA) is 25.2 Å². The molecule has 0 radical (unpaired) electrons. The molecule has 0 aromatic carbocycles. The van der Waals surface area contributed by atoms with Crippen LogP contribution in [0.3, 0.4) is 0 Å². The maximum Gasteiger partial charge on any atom is 0.228 e. The molecule has 0 N–H and O–H groups in total. The smallest absolute Gasteiger partial charge is 0.228 e. The molecule has 0 aliphatic heterocycles. The number of carbonyl (C=O) groups is 1. The van der Waals surface area contributed by atoms with E-state index in [0.717, 1.165) is 10.6 Å². The van der Waals surface area contributed by atoms with E-state index in [1.54, 1.807) is 11.3 Å². The average molecular weight is 276 g/mol. The van der Waals surface area contributed by atoms with E-state index in [9.17, 15) is 4.79 Å². The second-order valence-electron chi connectivity index (χ2n) is 4.98. The van der Waals surface area contributed by atoms with Gasteiger partial charge in [0.15, 0.2) is 0 Å². The van der Waals surface area contributed by atoms with Gasteiger partial charge in [0.25, 0.3) is 0 Å². The summed E-state index contributed by atoms with van der Waals surface area (Å²) in [6.07, 6.45) is 2.51. The Hall–Kier alpha value is -1.55. The summed E-state index contributed by atoms with van der Waals surface area (Å²) in [5, 5.41) is 2.01. The third-order valence-electron chi connectivity index (χ3n) is 3.23. The van der Waals surface area contributed by atoms with E-state index in [2.05, 4.69) is 24.5 Å². The number of aryl methyl sites for hydroxylation is 1. The number of hydrogen-bond acceptors (Lipinski definition) is 2. The molecule has 19 heavy (non-hydrogen) atoms. The summed E-state index contributed by atoms with van der Waals surface area (Å²) in [6, 6.07) is 8.29. The van der Waals surface area contributed by atoms with Crippen molar-refractivity contribution in [2.75, 3.05) is 0 Å². The minimum atomic E-state index is 0.193. The van der Waals surface area contributed by atoms with Crippen LogP contribution in [0.4, 0.5) is 0 Å². The molecule has 0 saturated heterocycles. The lowest BCUT2D eigenvalue weighted by Crippen LogP contribution is -2.37. The Kier molecular flexibility index (Phi) is 4.43. The molecule has 0 aliphatic rings. The Morgan fingerprint density at radius 2 is 2.16 bits per heavy atom. The van der Waals surface area contributed by atoms with Crippen LogP contribution in [0.1, 0.15) is 24.4 Å². The average Bonchev–Trinajstić information content (AvgIpc) is 2.97. The zero-order chi connectivity index (χ0) is 13.8. The van der Waals surface area contributed by atoms with Crippen molar-refractivity contribution in [2.24, 2.45) is 7.05 Å². The van der Waals surface area contributed by atoms with Crippen LogP contribution in [-0.2, 0) is 24.8 Å². The van der Waals surface area contributed by atoms with Gasteiger partial charge in [0.2, 0.25) is 5.91 Å². The van der Waals surface area contributed by atoms with E-state index < -0.39 is 0 Å². The molecule has 1 amide bonds. The number of rotatable bonds is 5. The predicted molar refractivity (Wildman–Crippen MR) is 79.1 cm³/mol. The molecule has 2 rings (SSSR count). The van der Waals surface area contributed by atoms with Crippen molar-refractivity contribution in [3.63, 3.8) is 0 Å². The molecule has 0 unspecified atom stereocenters. The maximum atomic E-state index is 12.4. The van der Waals surface area contributed by atoms with Crippen molar-refractivity contribution in [1.82, 2.24) is 9.47 Å². The Bertz CT molecular complexity index is 528. The highest BCUT2D eigenvalue weighted by Crippen LogP contribution is 2.14. The molecule has 2 heterocycles. The van der Waals surface area contributed by atoms with Gasteiger partial charge >= 0.3 is 0 Å². The lowest BCUT2D eigenvalue weighted by molar-refractivity contribution is -0.132. The Labute approximate surface area is 118 Å². The predicted octanol–water partition coefficient (Wildman–Crippen LogP) is 3.07. The van der Waals surface area contributed by atoms with Crippen molar-refractivity contribution in [3.8, 4) is 0 Å². The van der Waals surface area contributed by atoms with E-state index in [1.807, 2.05) is 41.7 Å². The first-order valence-corrected chi connectivity index (χ1v) is 7.38. The molecular formula is C15H20N2OS. The molecule has 2 aromatic rings. The maximum absolute atomic E-state index is 12.4. The molecular weight excluding hydrogens is 256 g/mol. The fourth-order valence-corrected chi connectivity index (χ4v) is 2.75. The fraction of sp³-hybridized carbons (Fsp3) is 0.400. The molecule has 0 fully saturated rings. The first kappa shape index (κ1) is 13.9. The van der Waals surface area contributed by atoms with Crippen LogP contribution < -0.4 is 0 Å². The summed E-state index contributed by atoms with van der Waals surface area (Å²) >= 11 is 1.64. The quantitative estimate of drug-likeness (QED) is 0.824. The number of thiophene rings is 1. The van der Waals surface area contributed by atoms with Gasteiger partial charge < -0.3 is 9.47 Å². The standard InChI is InChI=1S/C15H20N2OS/c1-12(2)17(11-13-6-4-8-16(13)3)15(18)10-14-7-5-9-19-14/h4-9,12H,10-11H2,1-3H3. The lowest BCUT2D eigenvalue weighted by Gasteiger charge is -2.27. The number of aromatic nitrogens is 1. The van der Waals surface area contributed by atoms with Crippen molar-refractivity contribution < 1.29 is 4.79 Å². The van der Waals surface area contributed by atoms with E-state index >= 15 is 0 Å². The summed E-state index contributed by atoms with van der Waals surface area (Å²) < 4.78 is 2.06. The van der Waals surface area contributed by atoms with Crippen LogP contribution in [0, 0.1) is 0 Å². The third kappa shape index (κ3) is 3.47. The van der Waals surface area contributed by atoms with E-state index in [1.165, 1.54) is 0 Å². The molecule has 3 nitrogen and oxygen atoms in total. The number of hydrogen-bond donors (Lipinski definition) is 0. The van der Waals surface area contributed by atoms with Gasteiger partial charge in [-0.3, -0.25) is 4.79 Å². The van der Waals surface area contributed by atoms with Gasteiger partial charge in [0, 0.05) is 29.9 Å². The highest BCUT2D eigenvalue weighted by Gasteiger charge is 2.18. The minimum Gasteiger partial charge on any atom is -0.353 e. The summed E-state index contributed by atoms with van der Waals surface area (Å²) in [5.41, 5.74) is 1.16. The number of nitrogens with zero attached hydrogens (tertiary/aromatic N) is 2. The van der Waals surface area contributed by atoms with Gasteiger partial charge in [-0.25, -0.2) is 0 Å². The van der Waals surface area contributed by atoms with E-state index in [-0.39, 0.29) is 11.9 Å². The minimum absolute atomic E-state index is 0.193. The van der Waals surface area contributed by atoms with Gasteiger partial charge in [-0.1, -0.05) is 6.07 Å².